The summed E-state index contributed by atoms with van der Waals surface area (Å²) in [6, 6.07) is 4.07. The Morgan fingerprint density at radius 2 is 1.81 bits per heavy atom. The van der Waals surface area contributed by atoms with Crippen LogP contribution in [0.1, 0.15) is 24.0 Å². The summed E-state index contributed by atoms with van der Waals surface area (Å²) in [6.07, 6.45) is 1.77. The third kappa shape index (κ3) is 3.67. The highest BCUT2D eigenvalue weighted by Gasteiger charge is 2.26. The van der Waals surface area contributed by atoms with Crippen molar-refractivity contribution in [3.8, 4) is 11.5 Å². The second-order valence-corrected chi connectivity index (χ2v) is 5.74. The number of nitrogens with one attached hydrogen (secondary N) is 1. The van der Waals surface area contributed by atoms with Gasteiger partial charge in [0.2, 0.25) is 5.91 Å². The maximum absolute atomic E-state index is 11.2. The first kappa shape index (κ1) is 15.6. The minimum atomic E-state index is -0.156. The number of nitrogens with two attached hydrogens (primary N) is 1. The van der Waals surface area contributed by atoms with Gasteiger partial charge in [-0.1, -0.05) is 0 Å². The van der Waals surface area contributed by atoms with Crippen molar-refractivity contribution < 1.29 is 19.2 Å². The fourth-order valence-corrected chi connectivity index (χ4v) is 2.97. The number of primary amides is 1. The topological polar surface area (TPSA) is 66.0 Å². The number of aryl methyl sites for hydroxylation is 1. The predicted molar refractivity (Wildman–Crippen MR) is 80.6 cm³/mol. The van der Waals surface area contributed by atoms with E-state index in [2.05, 4.69) is 13.0 Å². The summed E-state index contributed by atoms with van der Waals surface area (Å²) in [6.45, 7) is 5.01. The summed E-state index contributed by atoms with van der Waals surface area (Å²) in [5.41, 5.74) is 7.85. The van der Waals surface area contributed by atoms with Crippen molar-refractivity contribution in [3.63, 3.8) is 0 Å². The van der Waals surface area contributed by atoms with E-state index in [0.717, 1.165) is 44.0 Å². The Balaban J connectivity index is 2.05. The van der Waals surface area contributed by atoms with Crippen molar-refractivity contribution in [2.24, 2.45) is 11.7 Å². The van der Waals surface area contributed by atoms with Gasteiger partial charge in [-0.05, 0) is 24.6 Å². The van der Waals surface area contributed by atoms with Crippen molar-refractivity contribution in [1.82, 2.24) is 0 Å². The average Bonchev–Trinajstić information content (AvgIpc) is 2.49. The van der Waals surface area contributed by atoms with Crippen LogP contribution in [0.4, 0.5) is 0 Å². The Morgan fingerprint density at radius 3 is 2.33 bits per heavy atom. The number of methoxy groups -OCH3 is 2. The molecule has 0 bridgehead atoms. The minimum absolute atomic E-state index is 0.0558. The number of quaternary nitrogens is 1. The Morgan fingerprint density at radius 1 is 1.24 bits per heavy atom. The summed E-state index contributed by atoms with van der Waals surface area (Å²) >= 11 is 0. The molecule has 1 aliphatic heterocycles. The van der Waals surface area contributed by atoms with E-state index >= 15 is 0 Å². The molecule has 5 heteroatoms. The highest BCUT2D eigenvalue weighted by atomic mass is 16.5. The van der Waals surface area contributed by atoms with Gasteiger partial charge >= 0.3 is 0 Å². The number of piperidine rings is 1. The molecule has 0 aliphatic carbocycles. The van der Waals surface area contributed by atoms with Gasteiger partial charge in [0.15, 0.2) is 11.5 Å². The molecule has 0 saturated carbocycles. The zero-order valence-corrected chi connectivity index (χ0v) is 13.1. The van der Waals surface area contributed by atoms with Crippen molar-refractivity contribution in [1.29, 1.82) is 0 Å². The monoisotopic (exact) mass is 293 g/mol. The van der Waals surface area contributed by atoms with Gasteiger partial charge < -0.3 is 20.1 Å². The number of amides is 1. The smallest absolute Gasteiger partial charge is 0.220 e. The molecule has 2 rings (SSSR count). The van der Waals surface area contributed by atoms with Crippen LogP contribution >= 0.6 is 0 Å². The van der Waals surface area contributed by atoms with E-state index in [1.807, 2.05) is 6.07 Å². The second kappa shape index (κ2) is 6.80. The molecular weight excluding hydrogens is 268 g/mol. The van der Waals surface area contributed by atoms with E-state index in [1.54, 1.807) is 14.2 Å². The lowest BCUT2D eigenvalue weighted by Crippen LogP contribution is -3.11. The van der Waals surface area contributed by atoms with E-state index in [4.69, 9.17) is 15.2 Å². The van der Waals surface area contributed by atoms with Crippen LogP contribution in [-0.2, 0) is 11.3 Å². The summed E-state index contributed by atoms with van der Waals surface area (Å²) in [5, 5.41) is 0. The number of likely N-dealkylation sites (tertiary alicyclic amines) is 1. The normalized spacial score (nSPS) is 21.9. The molecule has 21 heavy (non-hydrogen) atoms. The molecule has 1 aromatic rings. The quantitative estimate of drug-likeness (QED) is 0.820. The molecule has 0 unspecified atom stereocenters. The van der Waals surface area contributed by atoms with E-state index < -0.39 is 0 Å². The molecule has 1 saturated heterocycles. The van der Waals surface area contributed by atoms with Gasteiger partial charge in [-0.15, -0.1) is 0 Å². The van der Waals surface area contributed by atoms with E-state index in [9.17, 15) is 4.79 Å². The zero-order valence-electron chi connectivity index (χ0n) is 13.1. The molecule has 1 heterocycles. The van der Waals surface area contributed by atoms with Gasteiger partial charge in [0.25, 0.3) is 0 Å². The summed E-state index contributed by atoms with van der Waals surface area (Å²) < 4.78 is 10.7. The number of hydrogen-bond acceptors (Lipinski definition) is 3. The Bertz CT molecular complexity index is 508. The predicted octanol–water partition coefficient (Wildman–Crippen LogP) is 0.292. The van der Waals surface area contributed by atoms with E-state index in [-0.39, 0.29) is 11.8 Å². The number of rotatable bonds is 5. The van der Waals surface area contributed by atoms with Crippen LogP contribution < -0.4 is 20.1 Å². The van der Waals surface area contributed by atoms with Crippen molar-refractivity contribution in [2.75, 3.05) is 27.3 Å². The van der Waals surface area contributed by atoms with Crippen LogP contribution in [0.5, 0.6) is 11.5 Å². The van der Waals surface area contributed by atoms with Crippen molar-refractivity contribution >= 4 is 5.91 Å². The fourth-order valence-electron chi connectivity index (χ4n) is 2.97. The first-order chi connectivity index (χ1) is 10.0. The third-order valence-electron chi connectivity index (χ3n) is 4.38. The van der Waals surface area contributed by atoms with E-state index in [0.29, 0.717) is 0 Å². The second-order valence-electron chi connectivity index (χ2n) is 5.74. The average molecular weight is 293 g/mol. The maximum atomic E-state index is 11.2. The number of carbonyl (C=O) groups excluding carboxylic acids is 1. The molecule has 116 valence electrons. The van der Waals surface area contributed by atoms with Gasteiger partial charge in [-0.3, -0.25) is 4.79 Å². The first-order valence-corrected chi connectivity index (χ1v) is 7.39. The first-order valence-electron chi connectivity index (χ1n) is 7.39. The largest absolute Gasteiger partial charge is 0.493 e. The van der Waals surface area contributed by atoms with E-state index in [1.165, 1.54) is 16.0 Å². The highest BCUT2D eigenvalue weighted by Crippen LogP contribution is 2.30. The third-order valence-corrected chi connectivity index (χ3v) is 4.38. The Hall–Kier alpha value is -1.75. The van der Waals surface area contributed by atoms with Crippen LogP contribution in [-0.4, -0.2) is 33.2 Å². The lowest BCUT2D eigenvalue weighted by atomic mass is 9.95. The van der Waals surface area contributed by atoms with Gasteiger partial charge in [-0.25, -0.2) is 0 Å². The molecule has 1 amide bonds. The Labute approximate surface area is 126 Å². The molecule has 0 atom stereocenters. The van der Waals surface area contributed by atoms with Gasteiger partial charge in [0.05, 0.1) is 27.3 Å². The zero-order chi connectivity index (χ0) is 15.4. The number of benzene rings is 1. The van der Waals surface area contributed by atoms with Gasteiger partial charge in [0, 0.05) is 24.3 Å². The summed E-state index contributed by atoms with van der Waals surface area (Å²) in [5.74, 6) is 1.43. The summed E-state index contributed by atoms with van der Waals surface area (Å²) in [4.78, 5) is 12.7. The molecule has 0 aromatic heterocycles. The molecule has 0 spiro atoms. The van der Waals surface area contributed by atoms with Crippen LogP contribution in [0, 0.1) is 12.8 Å². The molecule has 5 nitrogen and oxygen atoms in total. The molecular formula is C16H25N2O3+. The summed E-state index contributed by atoms with van der Waals surface area (Å²) in [7, 11) is 3.30. The number of carbonyl (C=O) groups is 1. The lowest BCUT2D eigenvalue weighted by Gasteiger charge is -2.28. The highest BCUT2D eigenvalue weighted by molar-refractivity contribution is 5.76. The molecule has 1 aliphatic rings. The maximum Gasteiger partial charge on any atom is 0.220 e. The number of hydrogen-bond donors (Lipinski definition) is 2. The SMILES string of the molecule is COc1cc(C)c(C[NH+]2CCC(C(N)=O)CC2)cc1OC. The standard InChI is InChI=1S/C16H24N2O3/c1-11-8-14(20-2)15(21-3)9-13(11)10-18-6-4-12(5-7-18)16(17)19/h8-9,12H,4-7,10H2,1-3H3,(H2,17,19)/p+1. The molecule has 1 fully saturated rings. The molecule has 3 N–H and O–H groups in total. The molecule has 1 aromatic carbocycles. The minimum Gasteiger partial charge on any atom is -0.493 e. The Kier molecular flexibility index (Phi) is 5.07. The lowest BCUT2D eigenvalue weighted by molar-refractivity contribution is -0.919. The molecule has 0 radical (unpaired) electrons. The van der Waals surface area contributed by atoms with Gasteiger partial charge in [-0.2, -0.15) is 0 Å². The van der Waals surface area contributed by atoms with Crippen LogP contribution in [0.25, 0.3) is 0 Å². The van der Waals surface area contributed by atoms with Crippen LogP contribution in [0.3, 0.4) is 0 Å². The fraction of sp³-hybridized carbons (Fsp3) is 0.562. The van der Waals surface area contributed by atoms with Crippen molar-refractivity contribution in [3.05, 3.63) is 23.3 Å². The van der Waals surface area contributed by atoms with Crippen LogP contribution in [0.2, 0.25) is 0 Å². The van der Waals surface area contributed by atoms with Crippen molar-refractivity contribution in [2.45, 2.75) is 26.3 Å². The number of ether oxygens (including phenoxy) is 2. The van der Waals surface area contributed by atoms with Crippen LogP contribution in [0.15, 0.2) is 12.1 Å². The van der Waals surface area contributed by atoms with Gasteiger partial charge in [0.1, 0.15) is 6.54 Å².